The van der Waals surface area contributed by atoms with Crippen molar-refractivity contribution in [3.05, 3.63) is 81.1 Å². The van der Waals surface area contributed by atoms with E-state index in [1.165, 1.54) is 6.08 Å². The second kappa shape index (κ2) is 6.46. The van der Waals surface area contributed by atoms with Gasteiger partial charge in [0.1, 0.15) is 0 Å². The average Bonchev–Trinajstić information content (AvgIpc) is 2.99. The van der Waals surface area contributed by atoms with Crippen molar-refractivity contribution in [3.63, 3.8) is 0 Å². The Morgan fingerprint density at radius 2 is 1.74 bits per heavy atom. The number of hydrogen-bond donors (Lipinski definition) is 0. The highest BCUT2D eigenvalue weighted by atomic mass is 35.5. The van der Waals surface area contributed by atoms with Crippen LogP contribution in [0, 0.1) is 10.1 Å². The fourth-order valence-corrected chi connectivity index (χ4v) is 2.24. The van der Waals surface area contributed by atoms with Gasteiger partial charge in [-0.15, -0.1) is 0 Å². The summed E-state index contributed by atoms with van der Waals surface area (Å²) in [5.41, 5.74) is 1.54. The van der Waals surface area contributed by atoms with Crippen LogP contribution in [0.3, 0.4) is 0 Å². The second-order valence-corrected chi connectivity index (χ2v) is 5.19. The van der Waals surface area contributed by atoms with Gasteiger partial charge in [0, 0.05) is 10.6 Å². The number of rotatable bonds is 4. The molecule has 0 saturated heterocycles. The molecule has 3 aromatic rings. The summed E-state index contributed by atoms with van der Waals surface area (Å²) in [6.45, 7) is 0. The molecule has 0 aliphatic carbocycles. The lowest BCUT2D eigenvalue weighted by Gasteiger charge is -1.95. The summed E-state index contributed by atoms with van der Waals surface area (Å²) in [4.78, 5) is 10.9. The maximum Gasteiger partial charge on any atom is 0.343 e. The molecule has 6 heteroatoms. The third kappa shape index (κ3) is 3.30. The third-order valence-corrected chi connectivity index (χ3v) is 3.47. The minimum absolute atomic E-state index is 0.101. The van der Waals surface area contributed by atoms with Crippen molar-refractivity contribution in [3.8, 4) is 11.3 Å². The lowest BCUT2D eigenvalue weighted by atomic mass is 10.1. The minimum atomic E-state index is -0.486. The van der Waals surface area contributed by atoms with Crippen LogP contribution >= 0.6 is 11.6 Å². The molecule has 3 rings (SSSR count). The summed E-state index contributed by atoms with van der Waals surface area (Å²) < 4.78 is 5.15. The monoisotopic (exact) mass is 326 g/mol. The van der Waals surface area contributed by atoms with Gasteiger partial charge in [-0.25, -0.2) is 0 Å². The molecule has 1 heterocycles. The van der Waals surface area contributed by atoms with Crippen LogP contribution in [-0.4, -0.2) is 10.1 Å². The van der Waals surface area contributed by atoms with Gasteiger partial charge in [0.05, 0.1) is 4.92 Å². The van der Waals surface area contributed by atoms with E-state index in [-0.39, 0.29) is 17.1 Å². The van der Waals surface area contributed by atoms with E-state index in [1.807, 2.05) is 6.07 Å². The summed E-state index contributed by atoms with van der Waals surface area (Å²) in [6.07, 6.45) is 3.24. The molecule has 0 radical (unpaired) electrons. The molecule has 0 atom stereocenters. The number of aromatic nitrogens is 1. The lowest BCUT2D eigenvalue weighted by molar-refractivity contribution is -0.384. The Kier molecular flexibility index (Phi) is 4.21. The molecule has 0 unspecified atom stereocenters. The number of halogens is 1. The van der Waals surface area contributed by atoms with Crippen molar-refractivity contribution in [2.24, 2.45) is 0 Å². The number of nitrogens with zero attached hydrogens (tertiary/aromatic N) is 2. The zero-order valence-corrected chi connectivity index (χ0v) is 12.6. The summed E-state index contributed by atoms with van der Waals surface area (Å²) in [5.74, 6) is 0.101. The second-order valence-electron chi connectivity index (χ2n) is 4.75. The third-order valence-electron chi connectivity index (χ3n) is 3.22. The van der Waals surface area contributed by atoms with E-state index in [4.69, 9.17) is 16.1 Å². The van der Waals surface area contributed by atoms with Crippen LogP contribution in [0.4, 0.5) is 5.69 Å². The number of benzene rings is 2. The molecular formula is C17H11ClN2O3. The summed E-state index contributed by atoms with van der Waals surface area (Å²) in [6, 6.07) is 16.0. The molecular weight excluding hydrogens is 316 g/mol. The van der Waals surface area contributed by atoms with Crippen molar-refractivity contribution in [1.29, 1.82) is 0 Å². The molecule has 2 aromatic carbocycles. The van der Waals surface area contributed by atoms with Gasteiger partial charge in [-0.1, -0.05) is 65.3 Å². The van der Waals surface area contributed by atoms with Gasteiger partial charge in [0.2, 0.25) is 5.76 Å². The standard InChI is InChI=1S/C17H11ClN2O3/c18-14-9-6-12(7-10-14)8-11-15-17(20(21)22)16(19-23-15)13-4-2-1-3-5-13/h1-11H/b11-8+. The van der Waals surface area contributed by atoms with E-state index >= 15 is 0 Å². The largest absolute Gasteiger partial charge is 0.349 e. The van der Waals surface area contributed by atoms with Crippen molar-refractivity contribution >= 4 is 29.4 Å². The first-order valence-corrected chi connectivity index (χ1v) is 7.16. The molecule has 0 N–H and O–H groups in total. The van der Waals surface area contributed by atoms with Gasteiger partial charge < -0.3 is 4.52 Å². The maximum absolute atomic E-state index is 11.4. The Bertz CT molecular complexity index is 855. The summed E-state index contributed by atoms with van der Waals surface area (Å²) in [5, 5.41) is 15.9. The Hall–Kier alpha value is -2.92. The Morgan fingerprint density at radius 1 is 1.04 bits per heavy atom. The molecule has 1 aromatic heterocycles. The first-order chi connectivity index (χ1) is 11.1. The van der Waals surface area contributed by atoms with Gasteiger partial charge in [-0.3, -0.25) is 10.1 Å². The topological polar surface area (TPSA) is 69.2 Å². The van der Waals surface area contributed by atoms with Crippen molar-refractivity contribution in [1.82, 2.24) is 5.16 Å². The Balaban J connectivity index is 1.98. The minimum Gasteiger partial charge on any atom is -0.349 e. The first kappa shape index (κ1) is 15.0. The maximum atomic E-state index is 11.4. The fourth-order valence-electron chi connectivity index (χ4n) is 2.12. The normalized spacial score (nSPS) is 11.0. The van der Waals surface area contributed by atoms with Crippen molar-refractivity contribution in [2.45, 2.75) is 0 Å². The molecule has 114 valence electrons. The lowest BCUT2D eigenvalue weighted by Crippen LogP contribution is -1.91. The molecule has 23 heavy (non-hydrogen) atoms. The van der Waals surface area contributed by atoms with E-state index in [2.05, 4.69) is 5.16 Å². The molecule has 0 fully saturated rings. The van der Waals surface area contributed by atoms with Gasteiger partial charge in [-0.2, -0.15) is 0 Å². The first-order valence-electron chi connectivity index (χ1n) is 6.78. The van der Waals surface area contributed by atoms with E-state index < -0.39 is 4.92 Å². The van der Waals surface area contributed by atoms with Crippen molar-refractivity contribution < 1.29 is 9.45 Å². The molecule has 0 aliphatic heterocycles. The zero-order chi connectivity index (χ0) is 16.2. The molecule has 0 bridgehead atoms. The van der Waals surface area contributed by atoms with Crippen LogP contribution in [0.15, 0.2) is 59.1 Å². The molecule has 0 saturated carbocycles. The number of nitro groups is 1. The Labute approximate surface area is 137 Å². The van der Waals surface area contributed by atoms with E-state index in [1.54, 1.807) is 54.6 Å². The highest BCUT2D eigenvalue weighted by Gasteiger charge is 2.26. The quantitative estimate of drug-likeness (QED) is 0.495. The van der Waals surface area contributed by atoms with Crippen LogP contribution in [0.25, 0.3) is 23.4 Å². The zero-order valence-electron chi connectivity index (χ0n) is 11.8. The van der Waals surface area contributed by atoms with Crippen molar-refractivity contribution in [2.75, 3.05) is 0 Å². The fraction of sp³-hybridized carbons (Fsp3) is 0. The van der Waals surface area contributed by atoms with Crippen LogP contribution in [0.1, 0.15) is 11.3 Å². The molecule has 0 aliphatic rings. The van der Waals surface area contributed by atoms with Gasteiger partial charge in [0.15, 0.2) is 5.69 Å². The Morgan fingerprint density at radius 3 is 2.39 bits per heavy atom. The van der Waals surface area contributed by atoms with Crippen LogP contribution in [0.2, 0.25) is 5.02 Å². The highest BCUT2D eigenvalue weighted by molar-refractivity contribution is 6.30. The van der Waals surface area contributed by atoms with Crippen LogP contribution in [0.5, 0.6) is 0 Å². The predicted molar refractivity (Wildman–Crippen MR) is 89.0 cm³/mol. The highest BCUT2D eigenvalue weighted by Crippen LogP contribution is 2.33. The predicted octanol–water partition coefficient (Wildman–Crippen LogP) is 5.07. The average molecular weight is 327 g/mol. The van der Waals surface area contributed by atoms with Gasteiger partial charge in [-0.05, 0) is 23.8 Å². The van der Waals surface area contributed by atoms with Gasteiger partial charge >= 0.3 is 5.69 Å². The summed E-state index contributed by atoms with van der Waals surface area (Å²) in [7, 11) is 0. The van der Waals surface area contributed by atoms with Crippen LogP contribution in [-0.2, 0) is 0 Å². The van der Waals surface area contributed by atoms with E-state index in [0.29, 0.717) is 10.6 Å². The molecule has 0 amide bonds. The smallest absolute Gasteiger partial charge is 0.343 e. The van der Waals surface area contributed by atoms with E-state index in [0.717, 1.165) is 5.56 Å². The number of hydrogen-bond acceptors (Lipinski definition) is 4. The molecule has 0 spiro atoms. The van der Waals surface area contributed by atoms with Gasteiger partial charge in [0.25, 0.3) is 0 Å². The molecule has 5 nitrogen and oxygen atoms in total. The van der Waals surface area contributed by atoms with Crippen LogP contribution < -0.4 is 0 Å². The SMILES string of the molecule is O=[N+]([O-])c1c(-c2ccccc2)noc1/C=C/c1ccc(Cl)cc1. The summed E-state index contributed by atoms with van der Waals surface area (Å²) >= 11 is 5.82. The van der Waals surface area contributed by atoms with E-state index in [9.17, 15) is 10.1 Å².